The van der Waals surface area contributed by atoms with Crippen molar-refractivity contribution in [2.45, 2.75) is 57.2 Å². The largest absolute Gasteiger partial charge is 0.427 e. The number of carbonyl (C=O) groups is 3. The van der Waals surface area contributed by atoms with Crippen molar-refractivity contribution in [1.82, 2.24) is 4.90 Å². The number of amides is 1. The number of carbonyl (C=O) groups excluding carboxylic acids is 3. The first kappa shape index (κ1) is 16.1. The number of rotatable bonds is 3. The van der Waals surface area contributed by atoms with Crippen LogP contribution < -0.4 is 0 Å². The van der Waals surface area contributed by atoms with Gasteiger partial charge < -0.3 is 14.4 Å². The zero-order chi connectivity index (χ0) is 16.0. The Morgan fingerprint density at radius 1 is 1.33 bits per heavy atom. The Morgan fingerprint density at radius 2 is 1.95 bits per heavy atom. The van der Waals surface area contributed by atoms with Crippen LogP contribution in [-0.4, -0.2) is 45.7 Å². The highest BCUT2D eigenvalue weighted by molar-refractivity contribution is 8.01. The molecule has 2 fully saturated rings. The second-order valence-corrected chi connectivity index (χ2v) is 8.68. The van der Waals surface area contributed by atoms with E-state index in [-0.39, 0.29) is 11.3 Å². The predicted octanol–water partition coefficient (Wildman–Crippen LogP) is 1.53. The lowest BCUT2D eigenvalue weighted by molar-refractivity contribution is -0.179. The smallest absolute Gasteiger partial charge is 0.333 e. The van der Waals surface area contributed by atoms with Gasteiger partial charge in [0.15, 0.2) is 0 Å². The van der Waals surface area contributed by atoms with E-state index in [9.17, 15) is 14.4 Å². The lowest BCUT2D eigenvalue weighted by Gasteiger charge is -2.37. The molecule has 2 rings (SSSR count). The maximum absolute atomic E-state index is 12.2. The van der Waals surface area contributed by atoms with Crippen LogP contribution in [0, 0.1) is 5.41 Å². The molecule has 0 aromatic heterocycles. The molecule has 6 nitrogen and oxygen atoms in total. The molecular weight excluding hydrogens is 294 g/mol. The van der Waals surface area contributed by atoms with Gasteiger partial charge in [-0.3, -0.25) is 9.59 Å². The Morgan fingerprint density at radius 3 is 2.48 bits per heavy atom. The van der Waals surface area contributed by atoms with Gasteiger partial charge in [0.2, 0.25) is 12.7 Å². The summed E-state index contributed by atoms with van der Waals surface area (Å²) in [4.78, 5) is 37.0. The minimum atomic E-state index is -0.645. The second-order valence-electron chi connectivity index (χ2n) is 6.85. The summed E-state index contributed by atoms with van der Waals surface area (Å²) in [6.45, 7) is 8.57. The molecule has 0 N–H and O–H groups in total. The maximum Gasteiger partial charge on any atom is 0.333 e. The summed E-state index contributed by atoms with van der Waals surface area (Å²) in [5.74, 6) is -0.996. The van der Waals surface area contributed by atoms with E-state index < -0.39 is 34.9 Å². The number of hydrogen-bond acceptors (Lipinski definition) is 6. The SMILES string of the molecule is CC(C)(C)C(=O)OCOC(=O)[C@@H]1N2C(=O)C[C@H]2SC1(C)C. The molecule has 1 amide bonds. The topological polar surface area (TPSA) is 72.9 Å². The molecule has 2 aliphatic rings. The first-order chi connectivity index (χ1) is 9.54. The molecule has 0 unspecified atom stereocenters. The van der Waals surface area contributed by atoms with Gasteiger partial charge in [-0.15, -0.1) is 11.8 Å². The zero-order valence-electron chi connectivity index (χ0n) is 13.0. The average Bonchev–Trinajstić information content (AvgIpc) is 2.54. The number of thioether (sulfide) groups is 1. The molecule has 0 radical (unpaired) electrons. The van der Waals surface area contributed by atoms with Gasteiger partial charge in [0.05, 0.1) is 17.2 Å². The van der Waals surface area contributed by atoms with Gasteiger partial charge in [0.1, 0.15) is 6.04 Å². The Labute approximate surface area is 128 Å². The molecule has 0 aromatic rings. The maximum atomic E-state index is 12.2. The summed E-state index contributed by atoms with van der Waals surface area (Å²) >= 11 is 1.60. The Kier molecular flexibility index (Phi) is 3.99. The molecule has 0 aromatic carbocycles. The third kappa shape index (κ3) is 3.02. The van der Waals surface area contributed by atoms with Crippen LogP contribution >= 0.6 is 11.8 Å². The Bertz CT molecular complexity index is 482. The van der Waals surface area contributed by atoms with Crippen molar-refractivity contribution in [1.29, 1.82) is 0 Å². The molecule has 0 bridgehead atoms. The summed E-state index contributed by atoms with van der Waals surface area (Å²) in [6.07, 6.45) is 0.469. The fourth-order valence-electron chi connectivity index (χ4n) is 2.39. The molecule has 2 atom stereocenters. The second kappa shape index (κ2) is 5.19. The van der Waals surface area contributed by atoms with E-state index in [1.807, 2.05) is 13.8 Å². The summed E-state index contributed by atoms with van der Waals surface area (Å²) in [6, 6.07) is -0.623. The van der Waals surface area contributed by atoms with Crippen LogP contribution in [-0.2, 0) is 23.9 Å². The molecular formula is C14H21NO5S. The molecule has 7 heteroatoms. The monoisotopic (exact) mass is 315 g/mol. The van der Waals surface area contributed by atoms with Crippen LogP contribution in [0.1, 0.15) is 41.0 Å². The fraction of sp³-hybridized carbons (Fsp3) is 0.786. The summed E-state index contributed by atoms with van der Waals surface area (Å²) < 4.78 is 9.56. The lowest BCUT2D eigenvalue weighted by Crippen LogP contribution is -2.57. The van der Waals surface area contributed by atoms with E-state index in [1.165, 1.54) is 0 Å². The predicted molar refractivity (Wildman–Crippen MR) is 77.2 cm³/mol. The average molecular weight is 315 g/mol. The summed E-state index contributed by atoms with van der Waals surface area (Å²) in [5.41, 5.74) is -0.645. The number of nitrogens with zero attached hydrogens (tertiary/aromatic N) is 1. The van der Waals surface area contributed by atoms with E-state index in [0.717, 1.165) is 0 Å². The first-order valence-electron chi connectivity index (χ1n) is 6.87. The number of esters is 2. The number of fused-ring (bicyclic) bond motifs is 1. The Hall–Kier alpha value is -1.24. The molecule has 2 aliphatic heterocycles. The van der Waals surface area contributed by atoms with Gasteiger partial charge in [0, 0.05) is 4.75 Å². The quantitative estimate of drug-likeness (QED) is 0.447. The third-order valence-corrected chi connectivity index (χ3v) is 5.05. The third-order valence-electron chi connectivity index (χ3n) is 3.55. The standard InChI is InChI=1S/C14H21NO5S/c1-13(2,3)12(18)20-7-19-11(17)10-14(4,5)21-9-6-8(16)15(9)10/h9-10H,6-7H2,1-5H3/t9-,10+/m1/s1. The van der Waals surface area contributed by atoms with Crippen LogP contribution in [0.3, 0.4) is 0 Å². The number of ether oxygens (including phenoxy) is 2. The fourth-order valence-corrected chi connectivity index (χ4v) is 4.01. The minimum absolute atomic E-state index is 0.0355. The van der Waals surface area contributed by atoms with E-state index in [4.69, 9.17) is 9.47 Å². The number of β-lactam (4-membered cyclic amide) rings is 1. The zero-order valence-corrected chi connectivity index (χ0v) is 13.8. The Balaban J connectivity index is 1.91. The van der Waals surface area contributed by atoms with Gasteiger partial charge in [-0.1, -0.05) is 0 Å². The molecule has 2 heterocycles. The minimum Gasteiger partial charge on any atom is -0.427 e. The molecule has 0 saturated carbocycles. The van der Waals surface area contributed by atoms with Gasteiger partial charge in [0.25, 0.3) is 0 Å². The summed E-state index contributed by atoms with van der Waals surface area (Å²) in [5, 5.41) is 0.0576. The normalized spacial score (nSPS) is 26.9. The van der Waals surface area contributed by atoms with Crippen LogP contribution in [0.2, 0.25) is 0 Å². The van der Waals surface area contributed by atoms with Crippen molar-refractivity contribution in [2.75, 3.05) is 6.79 Å². The number of hydrogen-bond donors (Lipinski definition) is 0. The van der Waals surface area contributed by atoms with Crippen LogP contribution in [0.5, 0.6) is 0 Å². The highest BCUT2D eigenvalue weighted by Crippen LogP contribution is 2.50. The summed E-state index contributed by atoms with van der Waals surface area (Å²) in [7, 11) is 0. The molecule has 21 heavy (non-hydrogen) atoms. The first-order valence-corrected chi connectivity index (χ1v) is 7.75. The van der Waals surface area contributed by atoms with E-state index >= 15 is 0 Å². The highest BCUT2D eigenvalue weighted by Gasteiger charge is 2.59. The van der Waals surface area contributed by atoms with Gasteiger partial charge >= 0.3 is 11.9 Å². The molecule has 0 spiro atoms. The highest BCUT2D eigenvalue weighted by atomic mass is 32.2. The van der Waals surface area contributed by atoms with Crippen LogP contribution in [0.4, 0.5) is 0 Å². The van der Waals surface area contributed by atoms with Crippen molar-refractivity contribution >= 4 is 29.6 Å². The van der Waals surface area contributed by atoms with E-state index in [1.54, 1.807) is 37.4 Å². The van der Waals surface area contributed by atoms with Gasteiger partial charge in [-0.05, 0) is 34.6 Å². The molecule has 2 saturated heterocycles. The lowest BCUT2D eigenvalue weighted by atomic mass is 9.97. The van der Waals surface area contributed by atoms with Crippen molar-refractivity contribution in [3.63, 3.8) is 0 Å². The van der Waals surface area contributed by atoms with Crippen molar-refractivity contribution in [2.24, 2.45) is 5.41 Å². The molecule has 0 aliphatic carbocycles. The van der Waals surface area contributed by atoms with Crippen LogP contribution in [0.15, 0.2) is 0 Å². The van der Waals surface area contributed by atoms with E-state index in [2.05, 4.69) is 0 Å². The molecule has 118 valence electrons. The van der Waals surface area contributed by atoms with Gasteiger partial charge in [-0.25, -0.2) is 4.79 Å². The van der Waals surface area contributed by atoms with Crippen molar-refractivity contribution < 1.29 is 23.9 Å². The van der Waals surface area contributed by atoms with Gasteiger partial charge in [-0.2, -0.15) is 0 Å². The van der Waals surface area contributed by atoms with Crippen molar-refractivity contribution in [3.8, 4) is 0 Å². The van der Waals surface area contributed by atoms with Crippen LogP contribution in [0.25, 0.3) is 0 Å². The van der Waals surface area contributed by atoms with E-state index in [0.29, 0.717) is 6.42 Å². The van der Waals surface area contributed by atoms with Crippen molar-refractivity contribution in [3.05, 3.63) is 0 Å².